The Hall–Kier alpha value is -1.23. The van der Waals surface area contributed by atoms with E-state index in [1.807, 2.05) is 13.8 Å². The van der Waals surface area contributed by atoms with E-state index in [2.05, 4.69) is 15.0 Å². The molecule has 1 unspecified atom stereocenters. The van der Waals surface area contributed by atoms with Gasteiger partial charge in [0.05, 0.1) is 0 Å². The second-order valence-corrected chi connectivity index (χ2v) is 4.32. The van der Waals surface area contributed by atoms with E-state index >= 15 is 0 Å². The molecule has 2 heterocycles. The summed E-state index contributed by atoms with van der Waals surface area (Å²) in [7, 11) is 0. The van der Waals surface area contributed by atoms with Crippen molar-refractivity contribution in [3.63, 3.8) is 0 Å². The second-order valence-electron chi connectivity index (χ2n) is 4.32. The van der Waals surface area contributed by atoms with Crippen LogP contribution >= 0.6 is 0 Å². The topological polar surface area (TPSA) is 73.9 Å². The Morgan fingerprint density at radius 2 is 2.12 bits per heavy atom. The molecule has 0 saturated carbocycles. The molecule has 5 heteroatoms. The maximum Gasteiger partial charge on any atom is 0.223 e. The molecule has 1 fully saturated rings. The molecule has 1 aliphatic rings. The normalized spacial score (nSPS) is 25.6. The van der Waals surface area contributed by atoms with Gasteiger partial charge >= 0.3 is 0 Å². The van der Waals surface area contributed by atoms with Crippen molar-refractivity contribution in [1.82, 2.24) is 15.0 Å². The number of nitrogen functional groups attached to an aromatic ring is 1. The van der Waals surface area contributed by atoms with E-state index in [-0.39, 0.29) is 11.5 Å². The van der Waals surface area contributed by atoms with E-state index in [9.17, 15) is 0 Å². The molecule has 2 rings (SSSR count). The minimum absolute atomic E-state index is 0.289. The summed E-state index contributed by atoms with van der Waals surface area (Å²) in [6, 6.07) is 0. The van der Waals surface area contributed by atoms with Crippen LogP contribution in [-0.2, 0) is 16.8 Å². The van der Waals surface area contributed by atoms with Crippen molar-refractivity contribution < 1.29 is 4.74 Å². The van der Waals surface area contributed by atoms with Crippen LogP contribution in [0, 0.1) is 0 Å². The molecule has 5 nitrogen and oxygen atoms in total. The first-order valence-corrected chi connectivity index (χ1v) is 5.79. The number of nitrogens with two attached hydrogens (primary N) is 1. The van der Waals surface area contributed by atoms with Crippen LogP contribution in [0.1, 0.15) is 44.8 Å². The summed E-state index contributed by atoms with van der Waals surface area (Å²) < 4.78 is 5.80. The van der Waals surface area contributed by atoms with E-state index < -0.39 is 0 Å². The van der Waals surface area contributed by atoms with Gasteiger partial charge in [-0.1, -0.05) is 6.92 Å². The Morgan fingerprint density at radius 3 is 2.75 bits per heavy atom. The van der Waals surface area contributed by atoms with Gasteiger partial charge in [0.2, 0.25) is 5.95 Å². The molecule has 16 heavy (non-hydrogen) atoms. The summed E-state index contributed by atoms with van der Waals surface area (Å²) in [5.74, 6) is 1.70. The number of aryl methyl sites for hydroxylation is 1. The monoisotopic (exact) mass is 222 g/mol. The van der Waals surface area contributed by atoms with Gasteiger partial charge in [-0.15, -0.1) is 0 Å². The van der Waals surface area contributed by atoms with E-state index in [0.29, 0.717) is 5.82 Å². The number of rotatable bonds is 2. The molecule has 1 aliphatic heterocycles. The lowest BCUT2D eigenvalue weighted by Crippen LogP contribution is -2.33. The van der Waals surface area contributed by atoms with Crippen molar-refractivity contribution in [1.29, 1.82) is 0 Å². The molecule has 0 aliphatic carbocycles. The van der Waals surface area contributed by atoms with Crippen molar-refractivity contribution in [2.45, 2.75) is 45.1 Å². The van der Waals surface area contributed by atoms with Crippen LogP contribution < -0.4 is 5.73 Å². The van der Waals surface area contributed by atoms with Gasteiger partial charge in [-0.25, -0.2) is 4.98 Å². The second kappa shape index (κ2) is 4.33. The highest BCUT2D eigenvalue weighted by Crippen LogP contribution is 2.32. The SMILES string of the molecule is CCc1nc(N)nc(C2(C)CCCCO2)n1. The van der Waals surface area contributed by atoms with E-state index in [4.69, 9.17) is 10.5 Å². The van der Waals surface area contributed by atoms with Crippen molar-refractivity contribution in [2.75, 3.05) is 12.3 Å². The molecule has 1 saturated heterocycles. The molecule has 1 aromatic rings. The van der Waals surface area contributed by atoms with Crippen molar-refractivity contribution >= 4 is 5.95 Å². The highest BCUT2D eigenvalue weighted by atomic mass is 16.5. The van der Waals surface area contributed by atoms with Gasteiger partial charge in [-0.2, -0.15) is 9.97 Å². The Morgan fingerprint density at radius 1 is 1.31 bits per heavy atom. The zero-order valence-corrected chi connectivity index (χ0v) is 9.86. The first-order valence-electron chi connectivity index (χ1n) is 5.79. The van der Waals surface area contributed by atoms with Gasteiger partial charge in [0.15, 0.2) is 5.82 Å². The lowest BCUT2D eigenvalue weighted by atomic mass is 9.95. The highest BCUT2D eigenvalue weighted by Gasteiger charge is 2.33. The fourth-order valence-corrected chi connectivity index (χ4v) is 1.94. The molecule has 0 amide bonds. The van der Waals surface area contributed by atoms with Crippen molar-refractivity contribution in [3.05, 3.63) is 11.6 Å². The summed E-state index contributed by atoms with van der Waals surface area (Å²) in [5, 5.41) is 0. The number of anilines is 1. The summed E-state index contributed by atoms with van der Waals surface area (Å²) >= 11 is 0. The van der Waals surface area contributed by atoms with Crippen LogP contribution in [-0.4, -0.2) is 21.6 Å². The number of hydrogen-bond donors (Lipinski definition) is 1. The molecule has 0 radical (unpaired) electrons. The third kappa shape index (κ3) is 2.14. The largest absolute Gasteiger partial charge is 0.368 e. The Kier molecular flexibility index (Phi) is 3.05. The molecule has 0 spiro atoms. The Bertz CT molecular complexity index is 374. The van der Waals surface area contributed by atoms with Crippen LogP contribution in [0.25, 0.3) is 0 Å². The van der Waals surface area contributed by atoms with Gasteiger partial charge < -0.3 is 10.5 Å². The van der Waals surface area contributed by atoms with Gasteiger partial charge in [0.1, 0.15) is 11.4 Å². The maximum atomic E-state index is 5.80. The molecule has 1 aromatic heterocycles. The smallest absolute Gasteiger partial charge is 0.223 e. The third-order valence-electron chi connectivity index (χ3n) is 2.96. The fraction of sp³-hybridized carbons (Fsp3) is 0.727. The standard InChI is InChI=1S/C11H18N4O/c1-3-8-13-9(15-10(12)14-8)11(2)6-4-5-7-16-11/h3-7H2,1-2H3,(H2,12,13,14,15). The number of ether oxygens (including phenoxy) is 1. The van der Waals surface area contributed by atoms with E-state index in [0.717, 1.165) is 38.1 Å². The van der Waals surface area contributed by atoms with Crippen LogP contribution in [0.5, 0.6) is 0 Å². The predicted octanol–water partition coefficient (Wildman–Crippen LogP) is 1.43. The summed E-state index contributed by atoms with van der Waals surface area (Å²) in [4.78, 5) is 12.7. The fourth-order valence-electron chi connectivity index (χ4n) is 1.94. The third-order valence-corrected chi connectivity index (χ3v) is 2.96. The van der Waals surface area contributed by atoms with E-state index in [1.54, 1.807) is 0 Å². The maximum absolute atomic E-state index is 5.80. The Labute approximate surface area is 95.5 Å². The summed E-state index contributed by atoms with van der Waals surface area (Å²) in [5.41, 5.74) is 5.29. The number of hydrogen-bond acceptors (Lipinski definition) is 5. The molecule has 2 N–H and O–H groups in total. The zero-order valence-electron chi connectivity index (χ0n) is 9.86. The van der Waals surface area contributed by atoms with Crippen molar-refractivity contribution in [3.8, 4) is 0 Å². The zero-order chi connectivity index (χ0) is 11.6. The van der Waals surface area contributed by atoms with Crippen molar-refractivity contribution in [2.24, 2.45) is 0 Å². The first kappa shape index (κ1) is 11.3. The quantitative estimate of drug-likeness (QED) is 0.819. The predicted molar refractivity (Wildman–Crippen MR) is 60.8 cm³/mol. The Balaban J connectivity index is 2.34. The number of nitrogens with zero attached hydrogens (tertiary/aromatic N) is 3. The lowest BCUT2D eigenvalue weighted by Gasteiger charge is -2.32. The lowest BCUT2D eigenvalue weighted by molar-refractivity contribution is -0.0762. The molecule has 88 valence electrons. The van der Waals surface area contributed by atoms with Crippen LogP contribution in [0.2, 0.25) is 0 Å². The van der Waals surface area contributed by atoms with Crippen LogP contribution in [0.3, 0.4) is 0 Å². The number of aromatic nitrogens is 3. The average molecular weight is 222 g/mol. The van der Waals surface area contributed by atoms with Gasteiger partial charge in [-0.3, -0.25) is 0 Å². The first-order chi connectivity index (χ1) is 7.64. The minimum atomic E-state index is -0.390. The van der Waals surface area contributed by atoms with Gasteiger partial charge in [0.25, 0.3) is 0 Å². The van der Waals surface area contributed by atoms with E-state index in [1.165, 1.54) is 0 Å². The molecular weight excluding hydrogens is 204 g/mol. The average Bonchev–Trinajstić information content (AvgIpc) is 2.29. The van der Waals surface area contributed by atoms with Gasteiger partial charge in [0, 0.05) is 13.0 Å². The molecule has 1 atom stereocenters. The van der Waals surface area contributed by atoms with Gasteiger partial charge in [-0.05, 0) is 26.2 Å². The molecule has 0 aromatic carbocycles. The summed E-state index contributed by atoms with van der Waals surface area (Å²) in [6.45, 7) is 4.80. The minimum Gasteiger partial charge on any atom is -0.368 e. The highest BCUT2D eigenvalue weighted by molar-refractivity contribution is 5.18. The molecular formula is C11H18N4O. The molecule has 0 bridgehead atoms. The van der Waals surface area contributed by atoms with Crippen LogP contribution in [0.15, 0.2) is 0 Å². The summed E-state index contributed by atoms with van der Waals surface area (Å²) in [6.07, 6.45) is 3.95. The van der Waals surface area contributed by atoms with Crippen LogP contribution in [0.4, 0.5) is 5.95 Å².